The van der Waals surface area contributed by atoms with E-state index in [4.69, 9.17) is 93.4 Å². The molecule has 4 saturated heterocycles. The van der Waals surface area contributed by atoms with E-state index in [-0.39, 0.29) is 36.9 Å². The summed E-state index contributed by atoms with van der Waals surface area (Å²) in [5, 5.41) is 41.1. The van der Waals surface area contributed by atoms with Crippen LogP contribution in [0.3, 0.4) is 0 Å². The summed E-state index contributed by atoms with van der Waals surface area (Å²) in [4.78, 5) is 154. The SMILES string of the molecule is CP(=O)(OCC1CC(O)C(n2cnc3c(N)ncnc32)O1)OP(=O)(O)OP(=O)(O)O.CP(=O)(OCC1CCC(n2cnc3c(N)ncnc32)O1)OP(=O)(O)OP(=O)(O)O.CP(=O)(OCC1OC(n2cnc3c(N)ncnc32)CC1O)OP(=O)(O)OP(=O)(O)O.Cc1ncnc2c1ncn2C1OC(COP(C)(=O)OP(=O)(O)OP(=O)(O)O)C(O)C1O. The number of hydrogen-bond donors (Lipinski definition) is 19. The summed E-state index contributed by atoms with van der Waals surface area (Å²) in [5.74, 6) is 0.523. The second kappa shape index (κ2) is 38.3. The molecule has 4 fully saturated rings. The van der Waals surface area contributed by atoms with Crippen molar-refractivity contribution in [3.05, 3.63) is 56.3 Å². The van der Waals surface area contributed by atoms with Gasteiger partial charge in [-0.15, -0.1) is 0 Å². The monoisotopic (exact) mass is 1960 g/mol. The molecule has 20 unspecified atom stereocenters. The number of nitrogens with two attached hydrogens (primary N) is 3. The summed E-state index contributed by atoms with van der Waals surface area (Å²) >= 11 is 0. The van der Waals surface area contributed by atoms with Crippen LogP contribution in [0.2, 0.25) is 0 Å². The fraction of sp³-hybridized carbons (Fsp3) is 0.556. The molecule has 0 spiro atoms. The first-order chi connectivity index (χ1) is 55.1. The maximum absolute atomic E-state index is 12.2. The highest BCUT2D eigenvalue weighted by Crippen LogP contribution is 2.70. The van der Waals surface area contributed by atoms with E-state index >= 15 is 0 Å². The van der Waals surface area contributed by atoms with Gasteiger partial charge in [0.15, 0.2) is 52.5 Å². The number of hydrogen-bond acceptors (Lipinski definition) is 47. The summed E-state index contributed by atoms with van der Waals surface area (Å²) in [5.41, 5.74) is 20.8. The number of ether oxygens (including phenoxy) is 4. The smallest absolute Gasteiger partial charge is 0.390 e. The number of nitrogens with zero attached hydrogens (tertiary/aromatic N) is 16. The minimum absolute atomic E-state index is 0.0284. The number of fused-ring (bicyclic) bond motifs is 4. The zero-order valence-electron chi connectivity index (χ0n) is 61.0. The highest BCUT2D eigenvalue weighted by molar-refractivity contribution is 7.70. The Balaban J connectivity index is 0.000000182. The predicted octanol–water partition coefficient (Wildman–Crippen LogP) is 1.22. The summed E-state index contributed by atoms with van der Waals surface area (Å²) < 4.78 is 217. The Morgan fingerprint density at radius 2 is 0.700 bits per heavy atom. The molecule has 672 valence electrons. The van der Waals surface area contributed by atoms with Gasteiger partial charge in [0, 0.05) is 39.5 Å². The molecule has 0 saturated carbocycles. The van der Waals surface area contributed by atoms with Crippen molar-refractivity contribution in [1.82, 2.24) is 78.1 Å². The lowest BCUT2D eigenvalue weighted by molar-refractivity contribution is -0.0482. The molecule has 0 radical (unpaired) electrons. The normalized spacial score (nSPS) is 26.5. The zero-order chi connectivity index (χ0) is 89.3. The second-order valence-corrected chi connectivity index (χ2v) is 45.1. The van der Waals surface area contributed by atoms with E-state index in [1.165, 1.54) is 64.3 Å². The van der Waals surface area contributed by atoms with Gasteiger partial charge in [0.2, 0.25) is 0 Å². The lowest BCUT2D eigenvalue weighted by Gasteiger charge is -2.20. The van der Waals surface area contributed by atoms with Crippen LogP contribution in [0.1, 0.15) is 56.3 Å². The topological polar surface area (TPSA) is 929 Å². The fourth-order valence-corrected chi connectivity index (χ4v) is 25.2. The van der Waals surface area contributed by atoms with Gasteiger partial charge >= 0.3 is 93.0 Å². The van der Waals surface area contributed by atoms with Crippen molar-refractivity contribution in [3.8, 4) is 0 Å². The molecule has 12 rings (SSSR count). The molecule has 0 amide bonds. The van der Waals surface area contributed by atoms with Gasteiger partial charge in [-0.3, -0.25) is 36.5 Å². The quantitative estimate of drug-likeness (QED) is 0.0264. The Hall–Kier alpha value is -4.92. The van der Waals surface area contributed by atoms with Crippen molar-refractivity contribution in [1.29, 1.82) is 0 Å². The molecule has 0 aliphatic carbocycles. The van der Waals surface area contributed by atoms with Crippen LogP contribution in [-0.4, -0.2) is 259 Å². The first kappa shape index (κ1) is 98.9. The molecule has 8 aromatic rings. The van der Waals surface area contributed by atoms with Crippen molar-refractivity contribution < 1.29 is 205 Å². The van der Waals surface area contributed by atoms with E-state index in [0.29, 0.717) is 63.2 Å². The highest BCUT2D eigenvalue weighted by Gasteiger charge is 2.49. The van der Waals surface area contributed by atoms with Crippen LogP contribution in [0.15, 0.2) is 50.6 Å². The van der Waals surface area contributed by atoms with Crippen molar-refractivity contribution >= 4 is 155 Å². The Bertz CT molecular complexity index is 5630. The number of imidazole rings is 4. The maximum atomic E-state index is 12.2. The highest BCUT2D eigenvalue weighted by atomic mass is 31.3. The predicted molar refractivity (Wildman–Crippen MR) is 391 cm³/mol. The van der Waals surface area contributed by atoms with Gasteiger partial charge < -0.3 is 133 Å². The van der Waals surface area contributed by atoms with Crippen molar-refractivity contribution in [2.45, 2.75) is 106 Å². The van der Waals surface area contributed by atoms with Gasteiger partial charge in [-0.1, -0.05) is 0 Å². The second-order valence-electron chi connectivity index (χ2n) is 25.0. The zero-order valence-corrected chi connectivity index (χ0v) is 71.8. The Morgan fingerprint density at radius 3 is 1.12 bits per heavy atom. The molecule has 4 aliphatic rings. The van der Waals surface area contributed by atoms with E-state index in [1.54, 1.807) is 11.5 Å². The van der Waals surface area contributed by atoms with Gasteiger partial charge in [0.25, 0.3) is 0 Å². The van der Waals surface area contributed by atoms with E-state index in [0.717, 1.165) is 26.7 Å². The number of phosphoric acid groups is 8. The van der Waals surface area contributed by atoms with Gasteiger partial charge in [0.05, 0.1) is 75.7 Å². The number of aromatic nitrogens is 16. The molecule has 8 aromatic heterocycles. The molecule has 20 atom stereocenters. The van der Waals surface area contributed by atoms with Crippen LogP contribution < -0.4 is 17.2 Å². The maximum Gasteiger partial charge on any atom is 0.488 e. The van der Waals surface area contributed by atoms with Gasteiger partial charge in [-0.2, -0.15) is 17.2 Å². The summed E-state index contributed by atoms with van der Waals surface area (Å²) in [6.45, 7) is 2.93. The van der Waals surface area contributed by atoms with E-state index in [9.17, 15) is 94.8 Å². The molecular weight excluding hydrogens is 1880 g/mol. The third-order valence-corrected chi connectivity index (χ3v) is 32.7. The van der Waals surface area contributed by atoms with Crippen molar-refractivity contribution in [3.63, 3.8) is 0 Å². The lowest BCUT2D eigenvalue weighted by atomic mass is 10.1. The molecule has 63 nitrogen and oxygen atoms in total. The average molecular weight is 1960 g/mol. The third kappa shape index (κ3) is 28.3. The minimum Gasteiger partial charge on any atom is -0.390 e. The van der Waals surface area contributed by atoms with E-state index < -0.39 is 187 Å². The van der Waals surface area contributed by atoms with Gasteiger partial charge in [0.1, 0.15) is 90.4 Å². The molecule has 0 aromatic carbocycles. The van der Waals surface area contributed by atoms with Crippen molar-refractivity contribution in [2.75, 3.05) is 70.3 Å². The Morgan fingerprint density at radius 1 is 0.358 bits per heavy atom. The van der Waals surface area contributed by atoms with E-state index in [2.05, 4.69) is 94.3 Å². The molecule has 120 heavy (non-hydrogen) atoms. The molecule has 0 bridgehead atoms. The summed E-state index contributed by atoms with van der Waals surface area (Å²) in [7, 11) is -60.3. The molecule has 22 N–H and O–H groups in total. The van der Waals surface area contributed by atoms with Crippen LogP contribution in [0.4, 0.5) is 17.5 Å². The largest absolute Gasteiger partial charge is 0.488 e. The fourth-order valence-electron chi connectivity index (χ4n) is 10.9. The van der Waals surface area contributed by atoms with Crippen LogP contribution in [0, 0.1) is 6.92 Å². The van der Waals surface area contributed by atoms with Crippen LogP contribution in [0.5, 0.6) is 0 Å². The van der Waals surface area contributed by atoms with Crippen molar-refractivity contribution in [2.24, 2.45) is 0 Å². The summed E-state index contributed by atoms with van der Waals surface area (Å²) in [6, 6.07) is 0. The van der Waals surface area contributed by atoms with Crippen LogP contribution >= 0.6 is 93.0 Å². The van der Waals surface area contributed by atoms with Crippen LogP contribution in [-0.2, 0) is 126 Å². The standard InChI is InChI=1S/C12H19N4O12P3.2C11H18N5O11P3.C11H18N5O10P3/c1-6-8-11(14-4-13-6)16(5-15-8)12-10(18)9(17)7(26-12)3-25-29(2,19)27-31(23,24)28-30(20,21)22;1-28(18,26-30(22,23)27-29(19,20)21)24-3-7-6(17)2-8(25-7)16-5-15-9-10(12)13-4-14-11(9)16;1-28(18,26-30(22,23)27-29(19,20)21)24-3-6-2-7(17)11(25-6)16-5-15-8-9(12)13-4-14-10(8)16;1-27(17,25-29(21,22)26-28(18,19)20)23-4-7-2-3-8(24-7)16-6-15-9-10(12)13-5-14-11(9)16/h4-5,7,9-10,12,17-18H,3H2,1-2H3,(H,23,24)(H2,20,21,22);4-8,17H,2-3H2,1H3,(H,22,23)(H2,12,13,14)(H2,19,20,21);4-7,11,17H,2-3H2,1H3,(H,22,23)(H2,12,13,14)(H2,19,20,21);5-8H,2-4H2,1H3,(H,21,22)(H2,12,13,14)(H2,18,19,20). The van der Waals surface area contributed by atoms with Gasteiger partial charge in [-0.25, -0.2) is 114 Å². The first-order valence-electron chi connectivity index (χ1n) is 32.5. The van der Waals surface area contributed by atoms with Gasteiger partial charge in [-0.05, 0) is 19.8 Å². The number of anilines is 3. The molecular formula is C45H73N19O44P12. The lowest BCUT2D eigenvalue weighted by Crippen LogP contribution is -2.33. The van der Waals surface area contributed by atoms with Crippen LogP contribution in [0.25, 0.3) is 44.7 Å². The molecule has 12 heterocycles. The third-order valence-electron chi connectivity index (χ3n) is 15.4. The number of aryl methyl sites for hydroxylation is 1. The Kier molecular flexibility index (Phi) is 31.6. The summed E-state index contributed by atoms with van der Waals surface area (Å²) in [6.07, 6.45) is -0.314. The number of aliphatic hydroxyl groups is 4. The number of nitrogen functional groups attached to an aromatic ring is 3. The minimum atomic E-state index is -5.44. The van der Waals surface area contributed by atoms with E-state index in [1.807, 2.05) is 0 Å². The number of aliphatic hydroxyl groups excluding tert-OH is 4. The Labute approximate surface area is 669 Å². The molecule has 4 aliphatic heterocycles. The average Bonchev–Trinajstić information content (AvgIpc) is 1.80. The number of rotatable bonds is 32. The first-order valence-corrected chi connectivity index (χ1v) is 52.5. The molecule has 75 heteroatoms.